The molecule has 0 aliphatic rings. The number of hydrogen-bond acceptors (Lipinski definition) is 1. The summed E-state index contributed by atoms with van der Waals surface area (Å²) in [5, 5.41) is 3.24. The highest BCUT2D eigenvalue weighted by atomic mass is 79.9. The number of carbonyl (C=O) groups excluding carboxylic acids is 1. The Kier molecular flexibility index (Phi) is 4.42. The van der Waals surface area contributed by atoms with Crippen LogP contribution in [0.15, 0.2) is 22.7 Å². The van der Waals surface area contributed by atoms with Crippen LogP contribution in [0.25, 0.3) is 0 Å². The zero-order chi connectivity index (χ0) is 10.6. The molecule has 1 aromatic rings. The van der Waals surface area contributed by atoms with Gasteiger partial charge in [0, 0.05) is 11.0 Å². The smallest absolute Gasteiger partial charge is 0.252 e. The summed E-state index contributed by atoms with van der Waals surface area (Å²) < 4.78 is 0.870. The second-order valence-corrected chi connectivity index (χ2v) is 4.20. The van der Waals surface area contributed by atoms with Gasteiger partial charge in [-0.2, -0.15) is 0 Å². The Morgan fingerprint density at radius 1 is 1.57 bits per heavy atom. The van der Waals surface area contributed by atoms with Gasteiger partial charge in [0.15, 0.2) is 0 Å². The summed E-state index contributed by atoms with van der Waals surface area (Å²) in [6.07, 6.45) is 0.917. The van der Waals surface area contributed by atoms with E-state index >= 15 is 0 Å². The Morgan fingerprint density at radius 2 is 2.29 bits per heavy atom. The lowest BCUT2D eigenvalue weighted by molar-refractivity contribution is 0.0954. The molecule has 1 aromatic carbocycles. The number of rotatable bonds is 3. The molecular formula is C10H11BrClNO. The molecule has 0 aromatic heterocycles. The van der Waals surface area contributed by atoms with E-state index in [1.807, 2.05) is 6.92 Å². The molecule has 0 spiro atoms. The van der Waals surface area contributed by atoms with E-state index < -0.39 is 0 Å². The van der Waals surface area contributed by atoms with Crippen LogP contribution in [0.2, 0.25) is 5.02 Å². The van der Waals surface area contributed by atoms with Crippen LogP contribution in [0.3, 0.4) is 0 Å². The number of carbonyl (C=O) groups is 1. The van der Waals surface area contributed by atoms with Gasteiger partial charge in [-0.3, -0.25) is 4.79 Å². The van der Waals surface area contributed by atoms with Crippen molar-refractivity contribution in [3.05, 3.63) is 33.3 Å². The van der Waals surface area contributed by atoms with Gasteiger partial charge in [0.25, 0.3) is 5.91 Å². The van der Waals surface area contributed by atoms with Gasteiger partial charge in [-0.15, -0.1) is 0 Å². The van der Waals surface area contributed by atoms with Gasteiger partial charge in [-0.25, -0.2) is 0 Å². The molecular weight excluding hydrogens is 265 g/mol. The molecule has 2 nitrogen and oxygen atoms in total. The van der Waals surface area contributed by atoms with Crippen molar-refractivity contribution < 1.29 is 4.79 Å². The van der Waals surface area contributed by atoms with Crippen molar-refractivity contribution in [2.45, 2.75) is 13.3 Å². The molecule has 1 amide bonds. The van der Waals surface area contributed by atoms with Crippen molar-refractivity contribution in [2.24, 2.45) is 0 Å². The Balaban J connectivity index is 2.80. The van der Waals surface area contributed by atoms with Gasteiger partial charge >= 0.3 is 0 Å². The molecule has 76 valence electrons. The average molecular weight is 277 g/mol. The first-order valence-corrected chi connectivity index (χ1v) is 5.55. The maximum Gasteiger partial charge on any atom is 0.252 e. The van der Waals surface area contributed by atoms with Gasteiger partial charge < -0.3 is 5.32 Å². The van der Waals surface area contributed by atoms with Crippen molar-refractivity contribution >= 4 is 33.4 Å². The van der Waals surface area contributed by atoms with Crippen LogP contribution in [-0.4, -0.2) is 12.5 Å². The molecule has 0 bridgehead atoms. The molecule has 0 heterocycles. The standard InChI is InChI=1S/C10H11BrClNO/c1-2-5-13-10(14)8-4-3-7(11)6-9(8)12/h3-4,6H,2,5H2,1H3,(H,13,14). The molecule has 0 saturated carbocycles. The van der Waals surface area contributed by atoms with E-state index in [9.17, 15) is 4.79 Å². The summed E-state index contributed by atoms with van der Waals surface area (Å²) in [5.74, 6) is -0.121. The average Bonchev–Trinajstić information content (AvgIpc) is 2.14. The van der Waals surface area contributed by atoms with E-state index in [4.69, 9.17) is 11.6 Å². The van der Waals surface area contributed by atoms with Crippen molar-refractivity contribution in [2.75, 3.05) is 6.54 Å². The van der Waals surface area contributed by atoms with Crippen LogP contribution < -0.4 is 5.32 Å². The lowest BCUT2D eigenvalue weighted by atomic mass is 10.2. The fraction of sp³-hybridized carbons (Fsp3) is 0.300. The number of benzene rings is 1. The summed E-state index contributed by atoms with van der Waals surface area (Å²) in [5.41, 5.74) is 0.517. The number of halogens is 2. The van der Waals surface area contributed by atoms with Gasteiger partial charge in [-0.05, 0) is 24.6 Å². The second kappa shape index (κ2) is 5.37. The molecule has 0 saturated heterocycles. The van der Waals surface area contributed by atoms with Crippen LogP contribution >= 0.6 is 27.5 Å². The number of hydrogen-bond donors (Lipinski definition) is 1. The summed E-state index contributed by atoms with van der Waals surface area (Å²) in [4.78, 5) is 11.5. The molecule has 0 radical (unpaired) electrons. The molecule has 0 aliphatic heterocycles. The lowest BCUT2D eigenvalue weighted by Gasteiger charge is -2.05. The van der Waals surface area contributed by atoms with Crippen LogP contribution in [0, 0.1) is 0 Å². The first-order valence-electron chi connectivity index (χ1n) is 4.38. The second-order valence-electron chi connectivity index (χ2n) is 2.88. The third kappa shape index (κ3) is 3.00. The highest BCUT2D eigenvalue weighted by Crippen LogP contribution is 2.21. The van der Waals surface area contributed by atoms with E-state index in [1.165, 1.54) is 0 Å². The molecule has 0 fully saturated rings. The maximum absolute atomic E-state index is 11.5. The lowest BCUT2D eigenvalue weighted by Crippen LogP contribution is -2.24. The van der Waals surface area contributed by atoms with E-state index in [2.05, 4.69) is 21.2 Å². The normalized spacial score (nSPS) is 9.93. The van der Waals surface area contributed by atoms with Crippen molar-refractivity contribution in [3.8, 4) is 0 Å². The third-order valence-electron chi connectivity index (χ3n) is 1.71. The highest BCUT2D eigenvalue weighted by molar-refractivity contribution is 9.10. The molecule has 0 atom stereocenters. The molecule has 4 heteroatoms. The Morgan fingerprint density at radius 3 is 2.86 bits per heavy atom. The van der Waals surface area contributed by atoms with Crippen molar-refractivity contribution in [1.29, 1.82) is 0 Å². The minimum absolute atomic E-state index is 0.121. The van der Waals surface area contributed by atoms with E-state index in [0.717, 1.165) is 10.9 Å². The monoisotopic (exact) mass is 275 g/mol. The largest absolute Gasteiger partial charge is 0.352 e. The highest BCUT2D eigenvalue weighted by Gasteiger charge is 2.08. The van der Waals surface area contributed by atoms with Gasteiger partial charge in [-0.1, -0.05) is 34.5 Å². The zero-order valence-corrected chi connectivity index (χ0v) is 10.2. The first-order chi connectivity index (χ1) is 6.65. The van der Waals surface area contributed by atoms with Gasteiger partial charge in [0.05, 0.1) is 10.6 Å². The topological polar surface area (TPSA) is 29.1 Å². The van der Waals surface area contributed by atoms with E-state index in [-0.39, 0.29) is 5.91 Å². The molecule has 1 N–H and O–H groups in total. The molecule has 0 aliphatic carbocycles. The van der Waals surface area contributed by atoms with Gasteiger partial charge in [0.2, 0.25) is 0 Å². The maximum atomic E-state index is 11.5. The zero-order valence-electron chi connectivity index (χ0n) is 7.81. The predicted molar refractivity (Wildman–Crippen MR) is 61.8 cm³/mol. The van der Waals surface area contributed by atoms with E-state index in [1.54, 1.807) is 18.2 Å². The Bertz CT molecular complexity index is 341. The minimum atomic E-state index is -0.121. The van der Waals surface area contributed by atoms with Crippen LogP contribution in [0.5, 0.6) is 0 Å². The molecule has 14 heavy (non-hydrogen) atoms. The summed E-state index contributed by atoms with van der Waals surface area (Å²) >= 11 is 9.19. The number of amides is 1. The van der Waals surface area contributed by atoms with Gasteiger partial charge in [0.1, 0.15) is 0 Å². The van der Waals surface area contributed by atoms with Crippen LogP contribution in [0.4, 0.5) is 0 Å². The van der Waals surface area contributed by atoms with Crippen molar-refractivity contribution in [3.63, 3.8) is 0 Å². The fourth-order valence-corrected chi connectivity index (χ4v) is 1.77. The Hall–Kier alpha value is -0.540. The minimum Gasteiger partial charge on any atom is -0.352 e. The number of nitrogens with one attached hydrogen (secondary N) is 1. The SMILES string of the molecule is CCCNC(=O)c1ccc(Br)cc1Cl. The van der Waals surface area contributed by atoms with Crippen LogP contribution in [-0.2, 0) is 0 Å². The molecule has 0 unspecified atom stereocenters. The summed E-state index contributed by atoms with van der Waals surface area (Å²) in [6.45, 7) is 2.68. The molecule has 1 rings (SSSR count). The third-order valence-corrected chi connectivity index (χ3v) is 2.52. The fourth-order valence-electron chi connectivity index (χ4n) is 1.01. The van der Waals surface area contributed by atoms with Crippen LogP contribution in [0.1, 0.15) is 23.7 Å². The predicted octanol–water partition coefficient (Wildman–Crippen LogP) is 3.24. The summed E-state index contributed by atoms with van der Waals surface area (Å²) in [6, 6.07) is 5.21. The quantitative estimate of drug-likeness (QED) is 0.902. The summed E-state index contributed by atoms with van der Waals surface area (Å²) in [7, 11) is 0. The van der Waals surface area contributed by atoms with E-state index in [0.29, 0.717) is 17.1 Å². The Labute approximate surface area is 96.8 Å². The first kappa shape index (κ1) is 11.5. The van der Waals surface area contributed by atoms with Crippen molar-refractivity contribution in [1.82, 2.24) is 5.32 Å².